The van der Waals surface area contributed by atoms with Crippen molar-refractivity contribution >= 4 is 6.09 Å². The zero-order chi connectivity index (χ0) is 13.4. The second kappa shape index (κ2) is 7.36. The Labute approximate surface area is 107 Å². The Morgan fingerprint density at radius 2 is 2.11 bits per heavy atom. The molecule has 0 aliphatic heterocycles. The second-order valence-corrected chi connectivity index (χ2v) is 3.96. The maximum absolute atomic E-state index is 11.0. The van der Waals surface area contributed by atoms with Gasteiger partial charge in [-0.15, -0.1) is 0 Å². The van der Waals surface area contributed by atoms with Gasteiger partial charge in [0.05, 0.1) is 6.10 Å². The average Bonchev–Trinajstić information content (AvgIpc) is 2.30. The predicted octanol–water partition coefficient (Wildman–Crippen LogP) is 2.41. The van der Waals surface area contributed by atoms with E-state index in [2.05, 4.69) is 17.3 Å². The Hall–Kier alpha value is -1.99. The molecule has 0 radical (unpaired) electrons. The fraction of sp³-hybridized carbons (Fsp3) is 0.357. The van der Waals surface area contributed by atoms with Crippen LogP contribution in [-0.2, 0) is 9.57 Å². The minimum atomic E-state index is -0.609. The predicted molar refractivity (Wildman–Crippen MR) is 68.8 cm³/mol. The molecule has 0 spiro atoms. The fourth-order valence-electron chi connectivity index (χ4n) is 1.21. The minimum Gasteiger partial charge on any atom is -0.445 e. The quantitative estimate of drug-likeness (QED) is 0.507. The van der Waals surface area contributed by atoms with Gasteiger partial charge < -0.3 is 4.74 Å². The zero-order valence-corrected chi connectivity index (χ0v) is 10.8. The number of hydrogen-bond donors (Lipinski definition) is 1. The summed E-state index contributed by atoms with van der Waals surface area (Å²) in [7, 11) is 0. The summed E-state index contributed by atoms with van der Waals surface area (Å²) >= 11 is 0. The van der Waals surface area contributed by atoms with Crippen LogP contribution in [0.1, 0.15) is 25.0 Å². The summed E-state index contributed by atoms with van der Waals surface area (Å²) in [4.78, 5) is 15.9. The normalized spacial score (nSPS) is 9.56. The molecule has 4 nitrogen and oxygen atoms in total. The van der Waals surface area contributed by atoms with E-state index in [1.54, 1.807) is 13.8 Å². The molecule has 0 saturated heterocycles. The van der Waals surface area contributed by atoms with Gasteiger partial charge in [0.25, 0.3) is 0 Å². The molecule has 0 bridgehead atoms. The first-order chi connectivity index (χ1) is 8.59. The highest BCUT2D eigenvalue weighted by molar-refractivity contribution is 5.65. The molecule has 1 amide bonds. The van der Waals surface area contributed by atoms with Crippen LogP contribution in [0.5, 0.6) is 0 Å². The molecule has 0 aliphatic rings. The highest BCUT2D eigenvalue weighted by atomic mass is 16.7. The number of ether oxygens (including phenoxy) is 1. The molecule has 1 aromatic rings. The third-order valence-electron chi connectivity index (χ3n) is 2.01. The van der Waals surface area contributed by atoms with Crippen molar-refractivity contribution in [3.05, 3.63) is 35.4 Å². The molecule has 0 heterocycles. The van der Waals surface area contributed by atoms with Gasteiger partial charge in [-0.3, -0.25) is 4.84 Å². The molecule has 0 atom stereocenters. The van der Waals surface area contributed by atoms with Crippen molar-refractivity contribution in [1.29, 1.82) is 0 Å². The van der Waals surface area contributed by atoms with Gasteiger partial charge >= 0.3 is 6.09 Å². The molecule has 0 aromatic heterocycles. The van der Waals surface area contributed by atoms with Crippen LogP contribution in [0.2, 0.25) is 0 Å². The third kappa shape index (κ3) is 5.37. The molecular weight excluding hydrogens is 230 g/mol. The molecule has 0 aliphatic carbocycles. The molecule has 96 valence electrons. The summed E-state index contributed by atoms with van der Waals surface area (Å²) in [6, 6.07) is 7.81. The number of carbonyl (C=O) groups excluding carboxylic acids is 1. The summed E-state index contributed by atoms with van der Waals surface area (Å²) in [5.74, 6) is 5.77. The lowest BCUT2D eigenvalue weighted by Gasteiger charge is -2.07. The maximum Gasteiger partial charge on any atom is 0.431 e. The van der Waals surface area contributed by atoms with Crippen molar-refractivity contribution in [2.75, 3.05) is 6.61 Å². The Morgan fingerprint density at radius 3 is 2.78 bits per heavy atom. The highest BCUT2D eigenvalue weighted by Gasteiger charge is 2.02. The first-order valence-electron chi connectivity index (χ1n) is 5.72. The number of nitrogens with one attached hydrogen (secondary N) is 1. The molecule has 18 heavy (non-hydrogen) atoms. The van der Waals surface area contributed by atoms with Crippen LogP contribution in [0.4, 0.5) is 4.79 Å². The first kappa shape index (κ1) is 14.1. The van der Waals surface area contributed by atoms with E-state index in [4.69, 9.17) is 9.57 Å². The van der Waals surface area contributed by atoms with Crippen molar-refractivity contribution in [1.82, 2.24) is 5.48 Å². The van der Waals surface area contributed by atoms with Crippen LogP contribution in [-0.4, -0.2) is 18.8 Å². The smallest absolute Gasteiger partial charge is 0.431 e. The molecular formula is C14H17NO3. The summed E-state index contributed by atoms with van der Waals surface area (Å²) in [5.41, 5.74) is 4.21. The number of amides is 1. The largest absolute Gasteiger partial charge is 0.445 e. The Balaban J connectivity index is 2.31. The van der Waals surface area contributed by atoms with Gasteiger partial charge in [-0.05, 0) is 32.4 Å². The number of aryl methyl sites for hydroxylation is 1. The van der Waals surface area contributed by atoms with Gasteiger partial charge in [0, 0.05) is 5.56 Å². The highest BCUT2D eigenvalue weighted by Crippen LogP contribution is 2.03. The molecule has 1 aromatic carbocycles. The van der Waals surface area contributed by atoms with Gasteiger partial charge in [0.2, 0.25) is 0 Å². The van der Waals surface area contributed by atoms with Crippen LogP contribution in [0.3, 0.4) is 0 Å². The van der Waals surface area contributed by atoms with Crippen molar-refractivity contribution < 1.29 is 14.4 Å². The molecule has 0 fully saturated rings. The summed E-state index contributed by atoms with van der Waals surface area (Å²) in [5, 5.41) is 0. The topological polar surface area (TPSA) is 47.6 Å². The van der Waals surface area contributed by atoms with Crippen molar-refractivity contribution in [2.24, 2.45) is 0 Å². The van der Waals surface area contributed by atoms with E-state index in [1.165, 1.54) is 0 Å². The van der Waals surface area contributed by atoms with Crippen LogP contribution in [0, 0.1) is 18.8 Å². The van der Waals surface area contributed by atoms with E-state index in [0.29, 0.717) is 0 Å². The number of benzene rings is 1. The van der Waals surface area contributed by atoms with E-state index in [9.17, 15) is 4.79 Å². The van der Waals surface area contributed by atoms with Gasteiger partial charge in [0.15, 0.2) is 0 Å². The number of carbonyl (C=O) groups is 1. The van der Waals surface area contributed by atoms with Gasteiger partial charge in [-0.1, -0.05) is 30.0 Å². The SMILES string of the molecule is Cc1ccccc1C#CCONC(=O)OC(C)C. The minimum absolute atomic E-state index is 0.113. The monoisotopic (exact) mass is 247 g/mol. The fourth-order valence-corrected chi connectivity index (χ4v) is 1.21. The van der Waals surface area contributed by atoms with Crippen LogP contribution in [0.25, 0.3) is 0 Å². The lowest BCUT2D eigenvalue weighted by molar-refractivity contribution is 0.0317. The Kier molecular flexibility index (Phi) is 5.75. The Morgan fingerprint density at radius 1 is 1.39 bits per heavy atom. The van der Waals surface area contributed by atoms with Crippen molar-refractivity contribution in [3.8, 4) is 11.8 Å². The standard InChI is InChI=1S/C14H17NO3/c1-11(2)18-14(16)15-17-10-6-9-13-8-5-4-7-12(13)3/h4-5,7-8,11H,10H2,1-3H3,(H,15,16). The lowest BCUT2D eigenvalue weighted by atomic mass is 10.1. The Bertz CT molecular complexity index is 458. The molecule has 4 heteroatoms. The lowest BCUT2D eigenvalue weighted by Crippen LogP contribution is -2.27. The van der Waals surface area contributed by atoms with E-state index in [-0.39, 0.29) is 12.7 Å². The molecule has 0 unspecified atom stereocenters. The van der Waals surface area contributed by atoms with E-state index >= 15 is 0 Å². The summed E-state index contributed by atoms with van der Waals surface area (Å²) < 4.78 is 4.81. The van der Waals surface area contributed by atoms with Crippen molar-refractivity contribution in [3.63, 3.8) is 0 Å². The molecule has 0 saturated carbocycles. The van der Waals surface area contributed by atoms with E-state index in [0.717, 1.165) is 11.1 Å². The zero-order valence-electron chi connectivity index (χ0n) is 10.8. The van der Waals surface area contributed by atoms with Crippen molar-refractivity contribution in [2.45, 2.75) is 26.9 Å². The van der Waals surface area contributed by atoms with Crippen LogP contribution in [0.15, 0.2) is 24.3 Å². The molecule has 1 N–H and O–H groups in total. The second-order valence-electron chi connectivity index (χ2n) is 3.96. The maximum atomic E-state index is 11.0. The van der Waals surface area contributed by atoms with Gasteiger partial charge in [-0.25, -0.2) is 4.79 Å². The summed E-state index contributed by atoms with van der Waals surface area (Å²) in [6.07, 6.45) is -0.783. The number of rotatable bonds is 3. The van der Waals surface area contributed by atoms with Crippen LogP contribution < -0.4 is 5.48 Å². The first-order valence-corrected chi connectivity index (χ1v) is 5.72. The summed E-state index contributed by atoms with van der Waals surface area (Å²) in [6.45, 7) is 5.62. The van der Waals surface area contributed by atoms with E-state index < -0.39 is 6.09 Å². The van der Waals surface area contributed by atoms with E-state index in [1.807, 2.05) is 31.2 Å². The van der Waals surface area contributed by atoms with Gasteiger partial charge in [0.1, 0.15) is 6.61 Å². The van der Waals surface area contributed by atoms with Gasteiger partial charge in [-0.2, -0.15) is 5.48 Å². The van der Waals surface area contributed by atoms with Crippen LogP contribution >= 0.6 is 0 Å². The number of hydrogen-bond acceptors (Lipinski definition) is 3. The average molecular weight is 247 g/mol. The third-order valence-corrected chi connectivity index (χ3v) is 2.01. The number of hydroxylamine groups is 1. The molecule has 1 rings (SSSR count).